The molecule has 1 unspecified atom stereocenters. The smallest absolute Gasteiger partial charge is 0.321 e. The molecule has 1 heterocycles. The predicted molar refractivity (Wildman–Crippen MR) is 76.1 cm³/mol. The van der Waals surface area contributed by atoms with Gasteiger partial charge >= 0.3 is 6.03 Å². The van der Waals surface area contributed by atoms with Crippen LogP contribution in [0.5, 0.6) is 0 Å². The minimum Gasteiger partial charge on any atom is -0.389 e. The molecule has 0 aliphatic carbocycles. The molecule has 1 fully saturated rings. The Morgan fingerprint density at radius 3 is 2.79 bits per heavy atom. The van der Waals surface area contributed by atoms with Gasteiger partial charge in [-0.1, -0.05) is 26.0 Å². The van der Waals surface area contributed by atoms with Gasteiger partial charge in [0.15, 0.2) is 0 Å². The van der Waals surface area contributed by atoms with Crippen molar-refractivity contribution in [1.82, 2.24) is 4.90 Å². The third-order valence-corrected chi connectivity index (χ3v) is 3.58. The number of anilines is 1. The van der Waals surface area contributed by atoms with E-state index < -0.39 is 6.10 Å². The lowest BCUT2D eigenvalue weighted by molar-refractivity contribution is 0.199. The molecule has 4 nitrogen and oxygen atoms in total. The van der Waals surface area contributed by atoms with Gasteiger partial charge < -0.3 is 15.3 Å². The van der Waals surface area contributed by atoms with Crippen LogP contribution in [-0.4, -0.2) is 29.1 Å². The number of urea groups is 1. The molecular formula is C15H22N2O2. The summed E-state index contributed by atoms with van der Waals surface area (Å²) in [6.07, 6.45) is 0.510. The maximum Gasteiger partial charge on any atom is 0.321 e. The van der Waals surface area contributed by atoms with Crippen molar-refractivity contribution in [3.05, 3.63) is 29.8 Å². The molecule has 1 aliphatic rings. The summed E-state index contributed by atoms with van der Waals surface area (Å²) < 4.78 is 0. The number of aliphatic hydroxyl groups is 1. The zero-order valence-electron chi connectivity index (χ0n) is 11.8. The average molecular weight is 262 g/mol. The minimum absolute atomic E-state index is 0.0617. The second-order valence-corrected chi connectivity index (χ2v) is 6.07. The molecule has 1 aliphatic heterocycles. The second kappa shape index (κ2) is 5.21. The summed E-state index contributed by atoms with van der Waals surface area (Å²) in [7, 11) is 0. The van der Waals surface area contributed by atoms with E-state index in [2.05, 4.69) is 19.2 Å². The Bertz CT molecular complexity index is 469. The van der Waals surface area contributed by atoms with Gasteiger partial charge in [-0.15, -0.1) is 0 Å². The first-order valence-electron chi connectivity index (χ1n) is 6.71. The van der Waals surface area contributed by atoms with E-state index in [-0.39, 0.29) is 11.4 Å². The summed E-state index contributed by atoms with van der Waals surface area (Å²) in [5.41, 5.74) is 1.74. The zero-order chi connectivity index (χ0) is 14.0. The molecular weight excluding hydrogens is 240 g/mol. The molecule has 1 aromatic carbocycles. The van der Waals surface area contributed by atoms with E-state index in [9.17, 15) is 9.90 Å². The van der Waals surface area contributed by atoms with Crippen LogP contribution in [0, 0.1) is 5.41 Å². The van der Waals surface area contributed by atoms with Crippen LogP contribution in [0.25, 0.3) is 0 Å². The number of nitrogens with one attached hydrogen (secondary N) is 1. The van der Waals surface area contributed by atoms with Gasteiger partial charge in [0.1, 0.15) is 0 Å². The van der Waals surface area contributed by atoms with E-state index in [4.69, 9.17) is 0 Å². The highest BCUT2D eigenvalue weighted by Gasteiger charge is 2.31. The maximum absolute atomic E-state index is 12.1. The van der Waals surface area contributed by atoms with E-state index in [1.165, 1.54) is 0 Å². The van der Waals surface area contributed by atoms with Crippen molar-refractivity contribution in [2.75, 3.05) is 18.4 Å². The third kappa shape index (κ3) is 3.47. The van der Waals surface area contributed by atoms with Gasteiger partial charge in [0.2, 0.25) is 0 Å². The fraction of sp³-hybridized carbons (Fsp3) is 0.533. The van der Waals surface area contributed by atoms with Gasteiger partial charge in [-0.3, -0.25) is 0 Å². The SMILES string of the molecule is CC(O)c1cccc(NC(=O)N2CCC(C)(C)C2)c1. The fourth-order valence-electron chi connectivity index (χ4n) is 2.36. The Morgan fingerprint density at radius 2 is 2.21 bits per heavy atom. The number of rotatable bonds is 2. The van der Waals surface area contributed by atoms with Crippen molar-refractivity contribution in [2.45, 2.75) is 33.3 Å². The molecule has 0 radical (unpaired) electrons. The summed E-state index contributed by atoms with van der Waals surface area (Å²) >= 11 is 0. The number of carbonyl (C=O) groups is 1. The second-order valence-electron chi connectivity index (χ2n) is 6.07. The summed E-state index contributed by atoms with van der Waals surface area (Å²) in [6.45, 7) is 7.65. The first-order valence-corrected chi connectivity index (χ1v) is 6.71. The fourth-order valence-corrected chi connectivity index (χ4v) is 2.36. The molecule has 2 rings (SSSR count). The molecule has 1 atom stereocenters. The van der Waals surface area contributed by atoms with Crippen molar-refractivity contribution < 1.29 is 9.90 Å². The van der Waals surface area contributed by atoms with Gasteiger partial charge in [-0.05, 0) is 36.5 Å². The van der Waals surface area contributed by atoms with Gasteiger partial charge in [0.25, 0.3) is 0 Å². The lowest BCUT2D eigenvalue weighted by atomic mass is 9.93. The normalized spacial score (nSPS) is 19.3. The van der Waals surface area contributed by atoms with Gasteiger partial charge in [-0.2, -0.15) is 0 Å². The zero-order valence-corrected chi connectivity index (χ0v) is 11.8. The van der Waals surface area contributed by atoms with Crippen molar-refractivity contribution in [1.29, 1.82) is 0 Å². The molecule has 0 spiro atoms. The number of hydrogen-bond donors (Lipinski definition) is 2. The van der Waals surface area contributed by atoms with Crippen LogP contribution >= 0.6 is 0 Å². The van der Waals surface area contributed by atoms with E-state index >= 15 is 0 Å². The predicted octanol–water partition coefficient (Wildman–Crippen LogP) is 3.00. The third-order valence-electron chi connectivity index (χ3n) is 3.58. The Kier molecular flexibility index (Phi) is 3.80. The van der Waals surface area contributed by atoms with Crippen molar-refractivity contribution in [2.24, 2.45) is 5.41 Å². The number of benzene rings is 1. The average Bonchev–Trinajstić information content (AvgIpc) is 2.70. The highest BCUT2D eigenvalue weighted by molar-refractivity contribution is 5.89. The van der Waals surface area contributed by atoms with Crippen LogP contribution in [0.15, 0.2) is 24.3 Å². The molecule has 104 valence electrons. The lowest BCUT2D eigenvalue weighted by Crippen LogP contribution is -2.34. The molecule has 0 aromatic heterocycles. The molecule has 1 saturated heterocycles. The maximum atomic E-state index is 12.1. The van der Waals surface area contributed by atoms with E-state index in [0.29, 0.717) is 0 Å². The van der Waals surface area contributed by atoms with Gasteiger partial charge in [0, 0.05) is 18.8 Å². The summed E-state index contributed by atoms with van der Waals surface area (Å²) in [6, 6.07) is 7.27. The number of carbonyl (C=O) groups excluding carboxylic acids is 1. The van der Waals surface area contributed by atoms with E-state index in [1.54, 1.807) is 6.92 Å². The first kappa shape index (κ1) is 13.9. The van der Waals surface area contributed by atoms with Crippen LogP contribution in [0.2, 0.25) is 0 Å². The van der Waals surface area contributed by atoms with Crippen molar-refractivity contribution in [3.8, 4) is 0 Å². The van der Waals surface area contributed by atoms with Crippen LogP contribution in [0.1, 0.15) is 38.9 Å². The van der Waals surface area contributed by atoms with Crippen LogP contribution in [0.3, 0.4) is 0 Å². The topological polar surface area (TPSA) is 52.6 Å². The highest BCUT2D eigenvalue weighted by Crippen LogP contribution is 2.29. The number of aliphatic hydroxyl groups excluding tert-OH is 1. The van der Waals surface area contributed by atoms with Crippen molar-refractivity contribution in [3.63, 3.8) is 0 Å². The number of likely N-dealkylation sites (tertiary alicyclic amines) is 1. The Morgan fingerprint density at radius 1 is 1.47 bits per heavy atom. The molecule has 19 heavy (non-hydrogen) atoms. The molecule has 2 N–H and O–H groups in total. The van der Waals surface area contributed by atoms with E-state index in [0.717, 1.165) is 30.8 Å². The molecule has 0 bridgehead atoms. The summed E-state index contributed by atoms with van der Waals surface area (Å²) in [5, 5.41) is 12.4. The van der Waals surface area contributed by atoms with Crippen LogP contribution in [0.4, 0.5) is 10.5 Å². The van der Waals surface area contributed by atoms with Crippen molar-refractivity contribution >= 4 is 11.7 Å². The Hall–Kier alpha value is -1.55. The monoisotopic (exact) mass is 262 g/mol. The molecule has 0 saturated carbocycles. The molecule has 4 heteroatoms. The highest BCUT2D eigenvalue weighted by atomic mass is 16.3. The number of amides is 2. The van der Waals surface area contributed by atoms with Gasteiger partial charge in [-0.25, -0.2) is 4.79 Å². The van der Waals surface area contributed by atoms with Gasteiger partial charge in [0.05, 0.1) is 6.10 Å². The van der Waals surface area contributed by atoms with Crippen LogP contribution in [-0.2, 0) is 0 Å². The largest absolute Gasteiger partial charge is 0.389 e. The first-order chi connectivity index (χ1) is 8.87. The Balaban J connectivity index is 2.01. The lowest BCUT2D eigenvalue weighted by Gasteiger charge is -2.20. The number of hydrogen-bond acceptors (Lipinski definition) is 2. The Labute approximate surface area is 114 Å². The molecule has 1 aromatic rings. The summed E-state index contributed by atoms with van der Waals surface area (Å²) in [5.74, 6) is 0. The van der Waals surface area contributed by atoms with E-state index in [1.807, 2.05) is 29.2 Å². The molecule has 2 amide bonds. The summed E-state index contributed by atoms with van der Waals surface area (Å²) in [4.78, 5) is 14.0. The number of nitrogens with zero attached hydrogens (tertiary/aromatic N) is 1. The quantitative estimate of drug-likeness (QED) is 0.860. The minimum atomic E-state index is -0.525. The standard InChI is InChI=1S/C15H22N2O2/c1-11(18)12-5-4-6-13(9-12)16-14(19)17-8-7-15(2,3)10-17/h4-6,9,11,18H,7-8,10H2,1-3H3,(H,16,19). The van der Waals surface area contributed by atoms with Crippen LogP contribution < -0.4 is 5.32 Å².